The van der Waals surface area contributed by atoms with Gasteiger partial charge in [0.25, 0.3) is 5.91 Å². The molecular weight excluding hydrogens is 696 g/mol. The summed E-state index contributed by atoms with van der Waals surface area (Å²) in [5.41, 5.74) is -8.43. The number of nitrogens with zero attached hydrogens (tertiary/aromatic N) is 1. The summed E-state index contributed by atoms with van der Waals surface area (Å²) in [4.78, 5) is 13.8. The molecule has 46 heavy (non-hydrogen) atoms. The fourth-order valence-electron chi connectivity index (χ4n) is 6.32. The Balaban J connectivity index is 1.70. The molecule has 2 N–H and O–H groups in total. The minimum absolute atomic E-state index is 0.214. The third-order valence-electron chi connectivity index (χ3n) is 8.41. The van der Waals surface area contributed by atoms with Crippen molar-refractivity contribution in [1.29, 1.82) is 0 Å². The first kappa shape index (κ1) is 34.1. The van der Waals surface area contributed by atoms with Gasteiger partial charge in [0, 0.05) is 17.7 Å². The van der Waals surface area contributed by atoms with E-state index in [1.807, 2.05) is 0 Å². The van der Waals surface area contributed by atoms with Crippen LogP contribution in [-0.4, -0.2) is 52.6 Å². The van der Waals surface area contributed by atoms with Gasteiger partial charge in [0.1, 0.15) is 15.5 Å². The van der Waals surface area contributed by atoms with Crippen molar-refractivity contribution in [3.63, 3.8) is 0 Å². The quantitative estimate of drug-likeness (QED) is 0.259. The van der Waals surface area contributed by atoms with Gasteiger partial charge in [-0.1, -0.05) is 29.8 Å². The number of carbonyl (C=O) groups is 1. The van der Waals surface area contributed by atoms with Crippen molar-refractivity contribution in [3.8, 4) is 0 Å². The van der Waals surface area contributed by atoms with Crippen molar-refractivity contribution < 1.29 is 56.8 Å². The van der Waals surface area contributed by atoms with E-state index < -0.39 is 82.2 Å². The van der Waals surface area contributed by atoms with Crippen molar-refractivity contribution in [2.45, 2.75) is 57.9 Å². The smallest absolute Gasteiger partial charge is 0.334 e. The van der Waals surface area contributed by atoms with Gasteiger partial charge < -0.3 is 4.90 Å². The number of sulfone groups is 1. The second-order valence-electron chi connectivity index (χ2n) is 10.9. The van der Waals surface area contributed by atoms with Crippen LogP contribution in [-0.2, 0) is 36.7 Å². The van der Waals surface area contributed by atoms with Crippen LogP contribution in [0.4, 0.5) is 35.1 Å². The monoisotopic (exact) mass is 716 g/mol. The lowest BCUT2D eigenvalue weighted by Crippen LogP contribution is -2.53. The number of hydrogen-bond acceptors (Lipinski definition) is 5. The van der Waals surface area contributed by atoms with Crippen molar-refractivity contribution in [2.24, 2.45) is 5.14 Å². The van der Waals surface area contributed by atoms with Crippen LogP contribution in [0, 0.1) is 5.82 Å². The highest BCUT2D eigenvalue weighted by Gasteiger charge is 2.74. The van der Waals surface area contributed by atoms with Gasteiger partial charge >= 0.3 is 18.0 Å². The first-order valence-electron chi connectivity index (χ1n) is 13.2. The summed E-state index contributed by atoms with van der Waals surface area (Å²) in [5, 5.41) is 4.87. The summed E-state index contributed by atoms with van der Waals surface area (Å²) in [7, 11) is -9.13. The number of halogens is 9. The minimum Gasteiger partial charge on any atom is -0.334 e. The predicted octanol–water partition coefficient (Wildman–Crippen LogP) is 5.95. The molecular formula is C28H21ClF8N2O5S2. The van der Waals surface area contributed by atoms with Crippen molar-refractivity contribution in [3.05, 3.63) is 93.8 Å². The summed E-state index contributed by atoms with van der Waals surface area (Å²) in [6, 6.07) is 6.53. The molecule has 7 nitrogen and oxygen atoms in total. The molecule has 1 amide bonds. The number of likely N-dealkylation sites (tertiary alicyclic amines) is 1. The van der Waals surface area contributed by atoms with Crippen LogP contribution in [0.25, 0.3) is 0 Å². The van der Waals surface area contributed by atoms with Crippen LogP contribution in [0.1, 0.15) is 39.9 Å². The van der Waals surface area contributed by atoms with E-state index in [0.717, 1.165) is 47.4 Å². The van der Waals surface area contributed by atoms with Gasteiger partial charge in [-0.05, 0) is 72.9 Å². The third-order valence-corrected chi connectivity index (χ3v) is 12.4. The Morgan fingerprint density at radius 1 is 0.891 bits per heavy atom. The maximum Gasteiger partial charge on any atom is 0.435 e. The summed E-state index contributed by atoms with van der Waals surface area (Å²) < 4.78 is 161. The van der Waals surface area contributed by atoms with Crippen LogP contribution >= 0.6 is 11.6 Å². The van der Waals surface area contributed by atoms with E-state index in [4.69, 9.17) is 16.7 Å². The molecule has 1 aliphatic heterocycles. The van der Waals surface area contributed by atoms with Crippen molar-refractivity contribution in [1.82, 2.24) is 4.90 Å². The number of alkyl halides is 7. The Hall–Kier alpha value is -3.28. The number of hydrogen-bond donors (Lipinski definition) is 1. The van der Waals surface area contributed by atoms with Gasteiger partial charge in [-0.2, -0.15) is 26.3 Å². The van der Waals surface area contributed by atoms with Gasteiger partial charge in [0.05, 0.1) is 16.0 Å². The number of amides is 1. The summed E-state index contributed by atoms with van der Waals surface area (Å²) in [5.74, 6) is -1.68. The SMILES string of the molecule is NS(=O)(=O)c1cc(C(=O)N2CC[C@@]3(S(=O)(=O)c4ccc(F)cc4)c4ccc(C(F)(C(F)(F)F)C(F)(F)F)cc4CC[C@@H]23)ccc1Cl. The molecule has 2 aliphatic rings. The zero-order valence-electron chi connectivity index (χ0n) is 23.0. The topological polar surface area (TPSA) is 115 Å². The molecule has 3 aromatic rings. The van der Waals surface area contributed by atoms with Gasteiger partial charge in [-0.3, -0.25) is 4.79 Å². The van der Waals surface area contributed by atoms with Crippen LogP contribution in [0.15, 0.2) is 70.5 Å². The van der Waals surface area contributed by atoms with Crippen LogP contribution in [0.3, 0.4) is 0 Å². The molecule has 1 aliphatic carbocycles. The molecule has 2 atom stereocenters. The molecule has 0 radical (unpaired) electrons. The van der Waals surface area contributed by atoms with Gasteiger partial charge in [-0.25, -0.2) is 30.8 Å². The summed E-state index contributed by atoms with van der Waals surface area (Å²) >= 11 is 5.92. The standard InChI is InChI=1S/C28H21ClF8N2O5S2/c29-21-9-1-16(14-22(21)46(38,43)44)24(40)39-12-11-25(45(41,42)19-6-4-18(30)5-7-19)20-8-3-17(13-15(20)2-10-23(25)39)26(31,27(32,33)34)28(35,36)37/h1,3-9,13-14,23H,2,10-12H2,(H2,38,43,44)/t23-,25-/m1/s1. The van der Waals surface area contributed by atoms with Gasteiger partial charge in [0.2, 0.25) is 10.0 Å². The molecule has 5 rings (SSSR count). The molecule has 0 unspecified atom stereocenters. The van der Waals surface area contributed by atoms with Crippen LogP contribution in [0.5, 0.6) is 0 Å². The Labute approximate surface area is 261 Å². The number of carbonyl (C=O) groups excluding carboxylic acids is 1. The minimum atomic E-state index is -6.42. The number of sulfonamides is 1. The van der Waals surface area contributed by atoms with Gasteiger partial charge in [-0.15, -0.1) is 0 Å². The zero-order valence-corrected chi connectivity index (χ0v) is 25.4. The maximum atomic E-state index is 15.0. The van der Waals surface area contributed by atoms with E-state index in [2.05, 4.69) is 0 Å². The van der Waals surface area contributed by atoms with Crippen LogP contribution < -0.4 is 5.14 Å². The Morgan fingerprint density at radius 3 is 2.07 bits per heavy atom. The average Bonchev–Trinajstić information content (AvgIpc) is 3.36. The second kappa shape index (κ2) is 10.9. The molecule has 0 bridgehead atoms. The fraction of sp³-hybridized carbons (Fsp3) is 0.321. The van der Waals surface area contributed by atoms with Gasteiger partial charge in [0.15, 0.2) is 9.84 Å². The number of fused-ring (bicyclic) bond motifs is 3. The fourth-order valence-corrected chi connectivity index (χ4v) is 9.76. The van der Waals surface area contributed by atoms with E-state index >= 15 is 0 Å². The Morgan fingerprint density at radius 2 is 1.50 bits per heavy atom. The lowest BCUT2D eigenvalue weighted by Gasteiger charge is -2.43. The molecule has 3 aromatic carbocycles. The first-order chi connectivity index (χ1) is 21.1. The van der Waals surface area contributed by atoms with E-state index in [-0.39, 0.29) is 47.2 Å². The van der Waals surface area contributed by atoms with E-state index in [9.17, 15) is 56.8 Å². The highest BCUT2D eigenvalue weighted by atomic mass is 35.5. The number of aryl methyl sites for hydroxylation is 1. The molecule has 1 fully saturated rings. The summed E-state index contributed by atoms with van der Waals surface area (Å²) in [6.07, 6.45) is -14.0. The highest BCUT2D eigenvalue weighted by molar-refractivity contribution is 7.92. The first-order valence-corrected chi connectivity index (χ1v) is 16.6. The number of primary sulfonamides is 1. The molecule has 0 spiro atoms. The highest BCUT2D eigenvalue weighted by Crippen LogP contribution is 2.57. The van der Waals surface area contributed by atoms with Crippen molar-refractivity contribution in [2.75, 3.05) is 6.54 Å². The van der Waals surface area contributed by atoms with E-state index in [1.165, 1.54) is 0 Å². The molecule has 18 heteroatoms. The van der Waals surface area contributed by atoms with Crippen molar-refractivity contribution >= 4 is 37.4 Å². The lowest BCUT2D eigenvalue weighted by atomic mass is 9.76. The molecule has 248 valence electrons. The van der Waals surface area contributed by atoms with E-state index in [0.29, 0.717) is 12.1 Å². The van der Waals surface area contributed by atoms with E-state index in [1.54, 1.807) is 0 Å². The largest absolute Gasteiger partial charge is 0.435 e. The number of nitrogens with two attached hydrogens (primary N) is 1. The predicted molar refractivity (Wildman–Crippen MR) is 147 cm³/mol. The number of rotatable bonds is 5. The molecule has 1 saturated heterocycles. The van der Waals surface area contributed by atoms with Crippen LogP contribution in [0.2, 0.25) is 5.02 Å². The zero-order chi connectivity index (χ0) is 34.3. The molecule has 1 heterocycles. The molecule has 0 saturated carbocycles. The maximum absolute atomic E-state index is 15.0. The number of benzene rings is 3. The normalized spacial score (nSPS) is 20.7. The third kappa shape index (κ3) is 5.06. The summed E-state index contributed by atoms with van der Waals surface area (Å²) in [6.45, 7) is -0.323. The Bertz CT molecular complexity index is 1940. The lowest BCUT2D eigenvalue weighted by molar-refractivity contribution is -0.348. The molecule has 0 aromatic heterocycles. The second-order valence-corrected chi connectivity index (χ2v) is 15.0. The Kier molecular flexibility index (Phi) is 8.06. The average molecular weight is 717 g/mol.